The molecule has 1 heterocycles. The largest absolute Gasteiger partial charge is 0.493 e. The van der Waals surface area contributed by atoms with E-state index in [-0.39, 0.29) is 17.7 Å². The van der Waals surface area contributed by atoms with E-state index in [1.165, 1.54) is 0 Å². The molecule has 1 aromatic rings. The van der Waals surface area contributed by atoms with Crippen LogP contribution in [0.2, 0.25) is 0 Å². The fourth-order valence-electron chi connectivity index (χ4n) is 2.74. The van der Waals surface area contributed by atoms with Crippen molar-refractivity contribution in [2.24, 2.45) is 11.7 Å². The van der Waals surface area contributed by atoms with Crippen LogP contribution in [0.3, 0.4) is 0 Å². The molecule has 1 aliphatic rings. The SMILES string of the molecule is CCCOc1c(Br)cc(C(=O)N2CCC(C(N)=O)CC2)cc1OC. The Bertz CT molecular complexity index is 613. The molecule has 1 aliphatic heterocycles. The zero-order chi connectivity index (χ0) is 17.7. The van der Waals surface area contributed by atoms with Crippen LogP contribution in [0.1, 0.15) is 36.5 Å². The lowest BCUT2D eigenvalue weighted by molar-refractivity contribution is -0.123. The molecule has 0 radical (unpaired) electrons. The van der Waals surface area contributed by atoms with Gasteiger partial charge < -0.3 is 20.1 Å². The Morgan fingerprint density at radius 2 is 2.00 bits per heavy atom. The maximum Gasteiger partial charge on any atom is 0.254 e. The Kier molecular flexibility index (Phi) is 6.48. The summed E-state index contributed by atoms with van der Waals surface area (Å²) in [5.41, 5.74) is 5.86. The van der Waals surface area contributed by atoms with Crippen LogP contribution in [-0.2, 0) is 4.79 Å². The van der Waals surface area contributed by atoms with Crippen molar-refractivity contribution in [2.45, 2.75) is 26.2 Å². The number of halogens is 1. The fourth-order valence-corrected chi connectivity index (χ4v) is 3.29. The van der Waals surface area contributed by atoms with Crippen LogP contribution in [0.25, 0.3) is 0 Å². The molecular weight excluding hydrogens is 376 g/mol. The molecule has 6 nitrogen and oxygen atoms in total. The smallest absolute Gasteiger partial charge is 0.254 e. The van der Waals surface area contributed by atoms with Gasteiger partial charge >= 0.3 is 0 Å². The number of nitrogens with zero attached hydrogens (tertiary/aromatic N) is 1. The van der Waals surface area contributed by atoms with Crippen LogP contribution >= 0.6 is 15.9 Å². The Hall–Kier alpha value is -1.76. The van der Waals surface area contributed by atoms with Crippen molar-refractivity contribution < 1.29 is 19.1 Å². The zero-order valence-corrected chi connectivity index (χ0v) is 15.6. The van der Waals surface area contributed by atoms with E-state index >= 15 is 0 Å². The number of nitrogens with two attached hydrogens (primary N) is 1. The van der Waals surface area contributed by atoms with Gasteiger partial charge in [0, 0.05) is 24.6 Å². The van der Waals surface area contributed by atoms with Crippen molar-refractivity contribution in [3.63, 3.8) is 0 Å². The molecule has 0 aromatic heterocycles. The number of piperidine rings is 1. The van der Waals surface area contributed by atoms with Crippen LogP contribution in [0.4, 0.5) is 0 Å². The lowest BCUT2D eigenvalue weighted by Gasteiger charge is -2.30. The first-order chi connectivity index (χ1) is 11.5. The summed E-state index contributed by atoms with van der Waals surface area (Å²) in [4.78, 5) is 25.7. The third-order valence-electron chi connectivity index (χ3n) is 4.11. The lowest BCUT2D eigenvalue weighted by Crippen LogP contribution is -2.41. The van der Waals surface area contributed by atoms with Gasteiger partial charge in [-0.3, -0.25) is 9.59 Å². The highest BCUT2D eigenvalue weighted by atomic mass is 79.9. The van der Waals surface area contributed by atoms with Gasteiger partial charge in [0.1, 0.15) is 0 Å². The van der Waals surface area contributed by atoms with Crippen molar-refractivity contribution in [1.29, 1.82) is 0 Å². The Labute approximate surface area is 150 Å². The minimum atomic E-state index is -0.288. The summed E-state index contributed by atoms with van der Waals surface area (Å²) >= 11 is 3.45. The summed E-state index contributed by atoms with van der Waals surface area (Å²) in [6.07, 6.45) is 2.10. The van der Waals surface area contributed by atoms with Crippen molar-refractivity contribution in [1.82, 2.24) is 4.90 Å². The van der Waals surface area contributed by atoms with E-state index in [2.05, 4.69) is 15.9 Å². The first-order valence-electron chi connectivity index (χ1n) is 8.06. The van der Waals surface area contributed by atoms with Gasteiger partial charge in [-0.15, -0.1) is 0 Å². The molecule has 0 atom stereocenters. The number of rotatable bonds is 6. The predicted molar refractivity (Wildman–Crippen MR) is 94.3 cm³/mol. The van der Waals surface area contributed by atoms with Gasteiger partial charge in [-0.2, -0.15) is 0 Å². The molecule has 2 rings (SSSR count). The topological polar surface area (TPSA) is 81.9 Å². The first kappa shape index (κ1) is 18.6. The summed E-state index contributed by atoms with van der Waals surface area (Å²) in [5.74, 6) is 0.611. The molecular formula is C17H23BrN2O4. The van der Waals surface area contributed by atoms with Crippen LogP contribution in [0.5, 0.6) is 11.5 Å². The monoisotopic (exact) mass is 398 g/mol. The van der Waals surface area contributed by atoms with Crippen molar-refractivity contribution in [3.05, 3.63) is 22.2 Å². The average Bonchev–Trinajstić information content (AvgIpc) is 2.59. The zero-order valence-electron chi connectivity index (χ0n) is 14.0. The standard InChI is InChI=1S/C17H23BrN2O4/c1-3-8-24-15-13(18)9-12(10-14(15)23-2)17(22)20-6-4-11(5-7-20)16(19)21/h9-11H,3-8H2,1-2H3,(H2,19,21). The second-order valence-corrected chi connectivity index (χ2v) is 6.66. The summed E-state index contributed by atoms with van der Waals surface area (Å²) < 4.78 is 11.7. The van der Waals surface area contributed by atoms with E-state index in [9.17, 15) is 9.59 Å². The maximum absolute atomic E-state index is 12.7. The van der Waals surface area contributed by atoms with Crippen molar-refractivity contribution in [3.8, 4) is 11.5 Å². The third kappa shape index (κ3) is 4.20. The number of likely N-dealkylation sites (tertiary alicyclic amines) is 1. The van der Waals surface area contributed by atoms with Gasteiger partial charge in [-0.25, -0.2) is 0 Å². The number of carbonyl (C=O) groups is 2. The van der Waals surface area contributed by atoms with Gasteiger partial charge in [0.05, 0.1) is 18.2 Å². The molecule has 132 valence electrons. The Morgan fingerprint density at radius 3 is 2.54 bits per heavy atom. The number of methoxy groups -OCH3 is 1. The van der Waals surface area contributed by atoms with Gasteiger partial charge in [0.25, 0.3) is 5.91 Å². The molecule has 24 heavy (non-hydrogen) atoms. The molecule has 0 saturated carbocycles. The molecule has 0 bridgehead atoms. The van der Waals surface area contributed by atoms with Crippen LogP contribution in [-0.4, -0.2) is 43.5 Å². The number of carbonyl (C=O) groups excluding carboxylic acids is 2. The quantitative estimate of drug-likeness (QED) is 0.797. The Balaban J connectivity index is 2.15. The third-order valence-corrected chi connectivity index (χ3v) is 4.70. The molecule has 2 amide bonds. The number of amides is 2. The molecule has 0 spiro atoms. The van der Waals surface area contributed by atoms with Crippen molar-refractivity contribution in [2.75, 3.05) is 26.8 Å². The maximum atomic E-state index is 12.7. The molecule has 1 aromatic carbocycles. The minimum Gasteiger partial charge on any atom is -0.493 e. The highest BCUT2D eigenvalue weighted by Crippen LogP contribution is 2.37. The summed E-state index contributed by atoms with van der Waals surface area (Å²) in [6, 6.07) is 3.44. The van der Waals surface area contributed by atoms with Gasteiger partial charge in [-0.1, -0.05) is 6.92 Å². The van der Waals surface area contributed by atoms with Crippen LogP contribution in [0, 0.1) is 5.92 Å². The molecule has 2 N–H and O–H groups in total. The summed E-state index contributed by atoms with van der Waals surface area (Å²) in [6.45, 7) is 3.65. The van der Waals surface area contributed by atoms with E-state index in [0.717, 1.165) is 6.42 Å². The fraction of sp³-hybridized carbons (Fsp3) is 0.529. The number of benzene rings is 1. The first-order valence-corrected chi connectivity index (χ1v) is 8.86. The molecule has 1 saturated heterocycles. The molecule has 7 heteroatoms. The van der Waals surface area contributed by atoms with Crippen molar-refractivity contribution >= 4 is 27.7 Å². The highest BCUT2D eigenvalue weighted by molar-refractivity contribution is 9.10. The van der Waals surface area contributed by atoms with Gasteiger partial charge in [0.15, 0.2) is 11.5 Å². The molecule has 1 fully saturated rings. The number of hydrogen-bond donors (Lipinski definition) is 1. The normalized spacial score (nSPS) is 15.2. The summed E-state index contributed by atoms with van der Waals surface area (Å²) in [5, 5.41) is 0. The number of hydrogen-bond acceptors (Lipinski definition) is 4. The highest BCUT2D eigenvalue weighted by Gasteiger charge is 2.27. The second-order valence-electron chi connectivity index (χ2n) is 5.81. The van der Waals surface area contributed by atoms with E-state index < -0.39 is 0 Å². The average molecular weight is 399 g/mol. The minimum absolute atomic E-state index is 0.0843. The molecule has 0 unspecified atom stereocenters. The number of ether oxygens (including phenoxy) is 2. The summed E-state index contributed by atoms with van der Waals surface area (Å²) in [7, 11) is 1.55. The second kappa shape index (κ2) is 8.37. The molecule has 0 aliphatic carbocycles. The van der Waals surface area contributed by atoms with Crippen LogP contribution in [0.15, 0.2) is 16.6 Å². The van der Waals surface area contributed by atoms with E-state index in [4.69, 9.17) is 15.2 Å². The van der Waals surface area contributed by atoms with Crippen LogP contribution < -0.4 is 15.2 Å². The van der Waals surface area contributed by atoms with Gasteiger partial charge in [0.2, 0.25) is 5.91 Å². The van der Waals surface area contributed by atoms with E-state index in [1.54, 1.807) is 24.1 Å². The van der Waals surface area contributed by atoms with E-state index in [0.29, 0.717) is 54.1 Å². The lowest BCUT2D eigenvalue weighted by atomic mass is 9.96. The van der Waals surface area contributed by atoms with E-state index in [1.807, 2.05) is 6.92 Å². The van der Waals surface area contributed by atoms with Gasteiger partial charge in [-0.05, 0) is 47.3 Å². The predicted octanol–water partition coefficient (Wildman–Crippen LogP) is 2.58. The Morgan fingerprint density at radius 1 is 1.33 bits per heavy atom. The number of primary amides is 1.